The summed E-state index contributed by atoms with van der Waals surface area (Å²) in [5.41, 5.74) is -0.884. The topological polar surface area (TPSA) is 85.7 Å². The summed E-state index contributed by atoms with van der Waals surface area (Å²) in [6, 6.07) is 9.13. The monoisotopic (exact) mass is 430 g/mol. The average molecular weight is 431 g/mol. The van der Waals surface area contributed by atoms with E-state index in [0.717, 1.165) is 26.0 Å². The van der Waals surface area contributed by atoms with E-state index in [1.807, 2.05) is 0 Å². The van der Waals surface area contributed by atoms with Gasteiger partial charge in [0, 0.05) is 31.3 Å². The summed E-state index contributed by atoms with van der Waals surface area (Å²) in [4.78, 5) is 51.1. The van der Waals surface area contributed by atoms with Gasteiger partial charge < -0.3 is 9.30 Å². The Balaban J connectivity index is 2.34. The van der Waals surface area contributed by atoms with Gasteiger partial charge in [-0.1, -0.05) is 11.6 Å². The molecule has 0 atom stereocenters. The van der Waals surface area contributed by atoms with Crippen LogP contribution in [0.3, 0.4) is 0 Å². The highest BCUT2D eigenvalue weighted by Crippen LogP contribution is 2.31. The summed E-state index contributed by atoms with van der Waals surface area (Å²) < 4.78 is 19.7. The molecule has 3 rings (SSSR count). The van der Waals surface area contributed by atoms with E-state index in [0.29, 0.717) is 10.4 Å². The highest BCUT2D eigenvalue weighted by atomic mass is 35.5. The summed E-state index contributed by atoms with van der Waals surface area (Å²) in [5, 5.41) is 0.528. The molecule has 0 N–H and O–H groups in total. The molecule has 1 aromatic heterocycles. The van der Waals surface area contributed by atoms with E-state index in [-0.39, 0.29) is 21.8 Å². The van der Waals surface area contributed by atoms with Gasteiger partial charge >= 0.3 is 5.97 Å². The maximum absolute atomic E-state index is 13.3. The Labute approximate surface area is 175 Å². The van der Waals surface area contributed by atoms with Crippen LogP contribution in [0.4, 0.5) is 10.1 Å². The predicted molar refractivity (Wildman–Crippen MR) is 109 cm³/mol. The lowest BCUT2D eigenvalue weighted by molar-refractivity contribution is -0.131. The Morgan fingerprint density at radius 2 is 1.70 bits per heavy atom. The average Bonchev–Trinajstić information content (AvgIpc) is 2.67. The van der Waals surface area contributed by atoms with Gasteiger partial charge in [-0.25, -0.2) is 9.29 Å². The van der Waals surface area contributed by atoms with Gasteiger partial charge in [-0.2, -0.15) is 0 Å². The van der Waals surface area contributed by atoms with Crippen LogP contribution in [0.25, 0.3) is 10.9 Å². The van der Waals surface area contributed by atoms with Gasteiger partial charge in [0.2, 0.25) is 5.91 Å². The lowest BCUT2D eigenvalue weighted by atomic mass is 10.1. The van der Waals surface area contributed by atoms with Crippen LogP contribution in [-0.2, 0) is 16.6 Å². The van der Waals surface area contributed by atoms with Crippen molar-refractivity contribution >= 4 is 46.0 Å². The fourth-order valence-electron chi connectivity index (χ4n) is 3.07. The molecule has 3 aromatic rings. The molecule has 0 fully saturated rings. The molecule has 0 saturated carbocycles. The molecule has 2 aromatic carbocycles. The smallest absolute Gasteiger partial charge is 0.308 e. The SMILES string of the molecule is CC(=O)Oc1c(C(=O)N(C(C)=O)c2ccc(F)cc2)c(=O)n(C)c2ccc(Cl)cc12. The van der Waals surface area contributed by atoms with Gasteiger partial charge in [0.1, 0.15) is 11.4 Å². The van der Waals surface area contributed by atoms with Crippen molar-refractivity contribution in [2.45, 2.75) is 13.8 Å². The molecule has 0 bridgehead atoms. The Kier molecular flexibility index (Phi) is 5.71. The van der Waals surface area contributed by atoms with Crippen molar-refractivity contribution in [1.29, 1.82) is 0 Å². The first kappa shape index (κ1) is 21.2. The number of anilines is 1. The molecule has 0 radical (unpaired) electrons. The molecule has 0 saturated heterocycles. The lowest BCUT2D eigenvalue weighted by Gasteiger charge is -2.21. The third-order valence-corrected chi connectivity index (χ3v) is 4.61. The minimum Gasteiger partial charge on any atom is -0.425 e. The highest BCUT2D eigenvalue weighted by Gasteiger charge is 2.31. The first-order chi connectivity index (χ1) is 14.1. The number of esters is 1. The van der Waals surface area contributed by atoms with Crippen LogP contribution >= 0.6 is 11.6 Å². The van der Waals surface area contributed by atoms with Crippen molar-refractivity contribution in [2.75, 3.05) is 4.90 Å². The molecule has 7 nitrogen and oxygen atoms in total. The number of carbonyl (C=O) groups is 3. The maximum Gasteiger partial charge on any atom is 0.308 e. The van der Waals surface area contributed by atoms with Crippen LogP contribution in [0.2, 0.25) is 5.02 Å². The fraction of sp³-hybridized carbons (Fsp3) is 0.143. The predicted octanol–water partition coefficient (Wildman–Crippen LogP) is 3.45. The number of ether oxygens (including phenoxy) is 1. The van der Waals surface area contributed by atoms with Crippen LogP contribution in [0.15, 0.2) is 47.3 Å². The molecule has 0 spiro atoms. The summed E-state index contributed by atoms with van der Waals surface area (Å²) in [5.74, 6) is -3.37. The minimum atomic E-state index is -1.02. The Hall–Kier alpha value is -3.52. The van der Waals surface area contributed by atoms with Crippen molar-refractivity contribution < 1.29 is 23.5 Å². The van der Waals surface area contributed by atoms with E-state index in [1.54, 1.807) is 12.1 Å². The van der Waals surface area contributed by atoms with Gasteiger partial charge in [-0.3, -0.25) is 19.2 Å². The highest BCUT2D eigenvalue weighted by molar-refractivity contribution is 6.31. The van der Waals surface area contributed by atoms with Crippen LogP contribution in [0.5, 0.6) is 5.75 Å². The number of nitrogens with zero attached hydrogens (tertiary/aromatic N) is 2. The Morgan fingerprint density at radius 1 is 1.07 bits per heavy atom. The van der Waals surface area contributed by atoms with E-state index in [2.05, 4.69) is 0 Å². The number of rotatable bonds is 3. The fourth-order valence-corrected chi connectivity index (χ4v) is 3.25. The van der Waals surface area contributed by atoms with Crippen LogP contribution < -0.4 is 15.2 Å². The summed E-state index contributed by atoms with van der Waals surface area (Å²) in [7, 11) is 1.43. The van der Waals surface area contributed by atoms with E-state index in [4.69, 9.17) is 16.3 Å². The molecule has 9 heteroatoms. The zero-order valence-corrected chi connectivity index (χ0v) is 17.0. The van der Waals surface area contributed by atoms with E-state index >= 15 is 0 Å². The largest absolute Gasteiger partial charge is 0.425 e. The molecule has 0 aliphatic rings. The number of hydrogen-bond donors (Lipinski definition) is 0. The number of pyridine rings is 1. The lowest BCUT2D eigenvalue weighted by Crippen LogP contribution is -2.40. The van der Waals surface area contributed by atoms with Crippen LogP contribution in [0, 0.1) is 5.82 Å². The number of halogens is 2. The first-order valence-electron chi connectivity index (χ1n) is 8.73. The van der Waals surface area contributed by atoms with Gasteiger partial charge in [0.05, 0.1) is 11.2 Å². The second-order valence-electron chi connectivity index (χ2n) is 6.46. The molecule has 0 aliphatic carbocycles. The van der Waals surface area contributed by atoms with Crippen molar-refractivity contribution in [1.82, 2.24) is 4.57 Å². The molecule has 2 amide bonds. The summed E-state index contributed by atoms with van der Waals surface area (Å²) in [6.07, 6.45) is 0. The van der Waals surface area contributed by atoms with E-state index in [1.165, 1.54) is 29.8 Å². The molecular weight excluding hydrogens is 415 g/mol. The second kappa shape index (κ2) is 8.08. The van der Waals surface area contributed by atoms with Crippen molar-refractivity contribution in [3.05, 3.63) is 69.2 Å². The van der Waals surface area contributed by atoms with Gasteiger partial charge in [-0.15, -0.1) is 0 Å². The minimum absolute atomic E-state index is 0.0518. The zero-order valence-electron chi connectivity index (χ0n) is 16.2. The number of imide groups is 1. The molecular formula is C21H16ClFN2O5. The standard InChI is InChI=1S/C21H16ClFN2O5/c1-11(26)25(15-7-5-14(23)6-8-15)21(29)18-19(30-12(2)27)16-10-13(22)4-9-17(16)24(3)20(18)28/h4-10H,1-3H3. The van der Waals surface area contributed by atoms with Crippen molar-refractivity contribution in [3.63, 3.8) is 0 Å². The number of aryl methyl sites for hydroxylation is 1. The Morgan fingerprint density at radius 3 is 2.27 bits per heavy atom. The van der Waals surface area contributed by atoms with Crippen molar-refractivity contribution in [2.24, 2.45) is 7.05 Å². The third kappa shape index (κ3) is 3.81. The first-order valence-corrected chi connectivity index (χ1v) is 9.11. The van der Waals surface area contributed by atoms with Gasteiger partial charge in [0.15, 0.2) is 5.75 Å². The van der Waals surface area contributed by atoms with Crippen LogP contribution in [0.1, 0.15) is 24.2 Å². The molecule has 154 valence electrons. The number of carbonyl (C=O) groups excluding carboxylic acids is 3. The summed E-state index contributed by atoms with van der Waals surface area (Å²) >= 11 is 6.06. The molecule has 0 aliphatic heterocycles. The second-order valence-corrected chi connectivity index (χ2v) is 6.90. The Bertz CT molecular complexity index is 1250. The van der Waals surface area contributed by atoms with E-state index in [9.17, 15) is 23.6 Å². The molecule has 30 heavy (non-hydrogen) atoms. The van der Waals surface area contributed by atoms with Gasteiger partial charge in [-0.05, 0) is 42.5 Å². The quantitative estimate of drug-likeness (QED) is 0.594. The molecule has 1 heterocycles. The van der Waals surface area contributed by atoms with Crippen molar-refractivity contribution in [3.8, 4) is 5.75 Å². The maximum atomic E-state index is 13.3. The molecule has 0 unspecified atom stereocenters. The summed E-state index contributed by atoms with van der Waals surface area (Å²) in [6.45, 7) is 2.24. The number of fused-ring (bicyclic) bond motifs is 1. The number of aromatic nitrogens is 1. The number of benzene rings is 2. The number of hydrogen-bond acceptors (Lipinski definition) is 5. The third-order valence-electron chi connectivity index (χ3n) is 4.37. The van der Waals surface area contributed by atoms with E-state index < -0.39 is 34.7 Å². The van der Waals surface area contributed by atoms with Gasteiger partial charge in [0.25, 0.3) is 11.5 Å². The zero-order chi connectivity index (χ0) is 22.2. The normalized spacial score (nSPS) is 10.7. The number of amides is 2. The van der Waals surface area contributed by atoms with Crippen LogP contribution in [-0.4, -0.2) is 22.4 Å².